The quantitative estimate of drug-likeness (QED) is 0.660. The van der Waals surface area contributed by atoms with Gasteiger partial charge >= 0.3 is 0 Å². The maximum Gasteiger partial charge on any atom is 0.261 e. The van der Waals surface area contributed by atoms with Crippen LogP contribution in [0.5, 0.6) is 5.75 Å². The van der Waals surface area contributed by atoms with Gasteiger partial charge in [-0.25, -0.2) is 4.39 Å². The van der Waals surface area contributed by atoms with Gasteiger partial charge in [0.25, 0.3) is 5.91 Å². The summed E-state index contributed by atoms with van der Waals surface area (Å²) in [5, 5.41) is 20.7. The number of benzene rings is 1. The molecule has 1 amide bonds. The molecule has 1 aromatic carbocycles. The number of hydrogen-bond acceptors (Lipinski definition) is 3. The minimum atomic E-state index is -0.711. The molecule has 0 bridgehead atoms. The highest BCUT2D eigenvalue weighted by Crippen LogP contribution is 2.27. The van der Waals surface area contributed by atoms with Gasteiger partial charge in [0.15, 0.2) is 0 Å². The summed E-state index contributed by atoms with van der Waals surface area (Å²) in [6, 6.07) is 3.94. The Bertz CT molecular complexity index is 564. The van der Waals surface area contributed by atoms with E-state index in [1.807, 2.05) is 6.92 Å². The van der Waals surface area contributed by atoms with Crippen molar-refractivity contribution in [2.75, 3.05) is 6.54 Å². The third-order valence-corrected chi connectivity index (χ3v) is 2.90. The first kappa shape index (κ1) is 15.2. The first-order valence-corrected chi connectivity index (χ1v) is 6.37. The fourth-order valence-electron chi connectivity index (χ4n) is 1.30. The summed E-state index contributed by atoms with van der Waals surface area (Å²) < 4.78 is 13.9. The molecule has 1 aromatic rings. The second kappa shape index (κ2) is 6.90. The molecule has 0 aliphatic rings. The van der Waals surface area contributed by atoms with Crippen LogP contribution < -0.4 is 5.32 Å². The van der Waals surface area contributed by atoms with Crippen LogP contribution in [0.15, 0.2) is 22.2 Å². The number of halogens is 2. The minimum Gasteiger partial charge on any atom is -0.507 e. The van der Waals surface area contributed by atoms with E-state index in [9.17, 15) is 14.3 Å². The Hall–Kier alpha value is -1.87. The summed E-state index contributed by atoms with van der Waals surface area (Å²) in [5.41, 5.74) is -0.141. The Morgan fingerprint density at radius 1 is 1.63 bits per heavy atom. The zero-order valence-electron chi connectivity index (χ0n) is 10.2. The van der Waals surface area contributed by atoms with Crippen molar-refractivity contribution in [1.82, 2.24) is 5.32 Å². The Labute approximate surface area is 118 Å². The molecule has 0 unspecified atom stereocenters. The van der Waals surface area contributed by atoms with E-state index in [2.05, 4.69) is 21.2 Å². The minimum absolute atomic E-state index is 0.0490. The number of nitrogens with one attached hydrogen (secondary N) is 1. The Kier molecular flexibility index (Phi) is 5.52. The van der Waals surface area contributed by atoms with Crippen molar-refractivity contribution in [2.24, 2.45) is 0 Å². The zero-order chi connectivity index (χ0) is 14.4. The van der Waals surface area contributed by atoms with E-state index in [1.165, 1.54) is 6.07 Å². The molecule has 4 nitrogen and oxygen atoms in total. The Morgan fingerprint density at radius 2 is 2.32 bits per heavy atom. The largest absolute Gasteiger partial charge is 0.507 e. The standard InChI is InChI=1S/C13H12BrFN2O2/c1-2-3-17-13(19)9(7-16)4-8-5-10(14)12(18)6-11(8)15/h4-6,18H,2-3H2,1H3,(H,17,19)/b9-4+. The molecule has 19 heavy (non-hydrogen) atoms. The number of carbonyl (C=O) groups is 1. The van der Waals surface area contributed by atoms with Gasteiger partial charge in [-0.05, 0) is 34.5 Å². The number of carbonyl (C=O) groups excluding carboxylic acids is 1. The van der Waals surface area contributed by atoms with Crippen molar-refractivity contribution < 1.29 is 14.3 Å². The Balaban J connectivity index is 3.08. The molecule has 0 radical (unpaired) electrons. The number of phenols is 1. The third-order valence-electron chi connectivity index (χ3n) is 2.27. The molecule has 2 N–H and O–H groups in total. The molecular weight excluding hydrogens is 315 g/mol. The molecular formula is C13H12BrFN2O2. The average molecular weight is 327 g/mol. The van der Waals surface area contributed by atoms with E-state index < -0.39 is 11.7 Å². The first-order chi connectivity index (χ1) is 8.99. The average Bonchev–Trinajstić information content (AvgIpc) is 2.38. The molecule has 0 aliphatic carbocycles. The number of aromatic hydroxyl groups is 1. The number of hydrogen-bond donors (Lipinski definition) is 2. The van der Waals surface area contributed by atoms with E-state index in [-0.39, 0.29) is 21.4 Å². The van der Waals surface area contributed by atoms with E-state index in [0.29, 0.717) is 6.54 Å². The lowest BCUT2D eigenvalue weighted by Gasteiger charge is -2.04. The number of amides is 1. The Morgan fingerprint density at radius 3 is 2.89 bits per heavy atom. The van der Waals surface area contributed by atoms with E-state index >= 15 is 0 Å². The van der Waals surface area contributed by atoms with Gasteiger partial charge in [0.05, 0.1) is 4.47 Å². The van der Waals surface area contributed by atoms with Gasteiger partial charge in [0.1, 0.15) is 23.2 Å². The molecule has 0 saturated carbocycles. The molecule has 0 spiro atoms. The lowest BCUT2D eigenvalue weighted by atomic mass is 10.1. The van der Waals surface area contributed by atoms with Crippen LogP contribution in [0.2, 0.25) is 0 Å². The summed E-state index contributed by atoms with van der Waals surface area (Å²) in [4.78, 5) is 11.6. The normalized spacial score (nSPS) is 10.9. The topological polar surface area (TPSA) is 73.1 Å². The second-order valence-electron chi connectivity index (χ2n) is 3.75. The van der Waals surface area contributed by atoms with Crippen LogP contribution in [0.3, 0.4) is 0 Å². The van der Waals surface area contributed by atoms with Crippen molar-refractivity contribution in [2.45, 2.75) is 13.3 Å². The van der Waals surface area contributed by atoms with Crippen LogP contribution >= 0.6 is 15.9 Å². The smallest absolute Gasteiger partial charge is 0.261 e. The highest BCUT2D eigenvalue weighted by atomic mass is 79.9. The van der Waals surface area contributed by atoms with Gasteiger partial charge in [-0.1, -0.05) is 6.92 Å². The van der Waals surface area contributed by atoms with Gasteiger partial charge in [-0.15, -0.1) is 0 Å². The molecule has 0 aromatic heterocycles. The van der Waals surface area contributed by atoms with Gasteiger partial charge in [0.2, 0.25) is 0 Å². The van der Waals surface area contributed by atoms with Gasteiger partial charge in [-0.2, -0.15) is 5.26 Å². The fraction of sp³-hybridized carbons (Fsp3) is 0.231. The van der Waals surface area contributed by atoms with E-state index in [4.69, 9.17) is 5.26 Å². The third kappa shape index (κ3) is 4.07. The van der Waals surface area contributed by atoms with Crippen molar-refractivity contribution in [3.63, 3.8) is 0 Å². The van der Waals surface area contributed by atoms with Crippen molar-refractivity contribution in [3.05, 3.63) is 33.6 Å². The molecule has 0 saturated heterocycles. The van der Waals surface area contributed by atoms with Gasteiger partial charge in [0, 0.05) is 18.2 Å². The summed E-state index contributed by atoms with van der Waals surface area (Å²) in [5.74, 6) is -1.51. The molecule has 0 aliphatic heterocycles. The van der Waals surface area contributed by atoms with Crippen molar-refractivity contribution >= 4 is 27.9 Å². The number of nitriles is 1. The first-order valence-electron chi connectivity index (χ1n) is 5.57. The summed E-state index contributed by atoms with van der Waals surface area (Å²) in [6.07, 6.45) is 1.88. The molecule has 1 rings (SSSR count). The SMILES string of the molecule is CCCNC(=O)/C(C#N)=C/c1cc(Br)c(O)cc1F. The van der Waals surface area contributed by atoms with Crippen LogP contribution in [0, 0.1) is 17.1 Å². The lowest BCUT2D eigenvalue weighted by Crippen LogP contribution is -2.25. The number of nitrogens with zero attached hydrogens (tertiary/aromatic N) is 1. The number of rotatable bonds is 4. The highest BCUT2D eigenvalue weighted by molar-refractivity contribution is 9.10. The van der Waals surface area contributed by atoms with Crippen LogP contribution in [-0.2, 0) is 4.79 Å². The van der Waals surface area contributed by atoms with Crippen LogP contribution in [0.25, 0.3) is 6.08 Å². The molecule has 0 fully saturated rings. The van der Waals surface area contributed by atoms with Crippen LogP contribution in [-0.4, -0.2) is 17.6 Å². The predicted molar refractivity (Wildman–Crippen MR) is 72.7 cm³/mol. The fourth-order valence-corrected chi connectivity index (χ4v) is 1.66. The molecule has 100 valence electrons. The maximum atomic E-state index is 13.6. The summed E-state index contributed by atoms with van der Waals surface area (Å²) in [6.45, 7) is 2.33. The predicted octanol–water partition coefficient (Wildman–Crippen LogP) is 2.73. The molecule has 6 heteroatoms. The monoisotopic (exact) mass is 326 g/mol. The van der Waals surface area contributed by atoms with Gasteiger partial charge in [-0.3, -0.25) is 4.79 Å². The van der Waals surface area contributed by atoms with E-state index in [0.717, 1.165) is 18.6 Å². The summed E-state index contributed by atoms with van der Waals surface area (Å²) >= 11 is 3.04. The second-order valence-corrected chi connectivity index (χ2v) is 4.61. The van der Waals surface area contributed by atoms with Gasteiger partial charge < -0.3 is 10.4 Å². The van der Waals surface area contributed by atoms with Crippen LogP contribution in [0.4, 0.5) is 4.39 Å². The van der Waals surface area contributed by atoms with Crippen molar-refractivity contribution in [3.8, 4) is 11.8 Å². The van der Waals surface area contributed by atoms with Crippen molar-refractivity contribution in [1.29, 1.82) is 5.26 Å². The lowest BCUT2D eigenvalue weighted by molar-refractivity contribution is -0.117. The summed E-state index contributed by atoms with van der Waals surface area (Å²) in [7, 11) is 0. The molecule has 0 heterocycles. The van der Waals surface area contributed by atoms with E-state index in [1.54, 1.807) is 6.07 Å². The maximum absolute atomic E-state index is 13.6. The number of phenolic OH excluding ortho intramolecular Hbond substituents is 1. The van der Waals surface area contributed by atoms with Crippen LogP contribution in [0.1, 0.15) is 18.9 Å². The highest BCUT2D eigenvalue weighted by Gasteiger charge is 2.11. The molecule has 0 atom stereocenters. The zero-order valence-corrected chi connectivity index (χ0v) is 11.8.